The van der Waals surface area contributed by atoms with E-state index < -0.39 is 21.5 Å². The van der Waals surface area contributed by atoms with Gasteiger partial charge in [0.15, 0.2) is 9.84 Å². The molecule has 0 radical (unpaired) electrons. The molecular formula is C18H14Cl2N2O4S. The van der Waals surface area contributed by atoms with Crippen molar-refractivity contribution >= 4 is 55.5 Å². The van der Waals surface area contributed by atoms with E-state index in [2.05, 4.69) is 10.3 Å². The molecule has 140 valence electrons. The van der Waals surface area contributed by atoms with Crippen LogP contribution in [-0.2, 0) is 14.6 Å². The summed E-state index contributed by atoms with van der Waals surface area (Å²) in [7, 11) is -3.89. The molecule has 0 aliphatic carbocycles. The second kappa shape index (κ2) is 7.34. The molecular weight excluding hydrogens is 411 g/mol. The molecule has 0 saturated carbocycles. The van der Waals surface area contributed by atoms with Crippen molar-refractivity contribution in [3.63, 3.8) is 0 Å². The summed E-state index contributed by atoms with van der Waals surface area (Å²) in [6.07, 6.45) is 0. The van der Waals surface area contributed by atoms with E-state index >= 15 is 0 Å². The fraction of sp³-hybridized carbons (Fsp3) is 0.111. The van der Waals surface area contributed by atoms with Gasteiger partial charge in [0.2, 0.25) is 11.5 Å². The number of carbonyl (C=O) groups is 1. The Morgan fingerprint density at radius 3 is 2.56 bits per heavy atom. The molecule has 2 aromatic carbocycles. The molecule has 1 amide bonds. The van der Waals surface area contributed by atoms with Crippen molar-refractivity contribution < 1.29 is 13.2 Å². The number of aromatic nitrogens is 1. The van der Waals surface area contributed by atoms with Gasteiger partial charge in [-0.15, -0.1) is 0 Å². The van der Waals surface area contributed by atoms with Gasteiger partial charge >= 0.3 is 0 Å². The molecule has 1 aromatic heterocycles. The summed E-state index contributed by atoms with van der Waals surface area (Å²) in [6.45, 7) is 1.71. The molecule has 0 unspecified atom stereocenters. The van der Waals surface area contributed by atoms with E-state index in [9.17, 15) is 18.0 Å². The summed E-state index contributed by atoms with van der Waals surface area (Å²) in [5, 5.41) is 3.66. The van der Waals surface area contributed by atoms with Crippen molar-refractivity contribution in [3.8, 4) is 0 Å². The fourth-order valence-corrected chi connectivity index (χ4v) is 4.24. The number of hydrogen-bond donors (Lipinski definition) is 2. The Morgan fingerprint density at radius 2 is 1.85 bits per heavy atom. The first-order valence-corrected chi connectivity index (χ1v) is 10.2. The molecule has 1 heterocycles. The minimum atomic E-state index is -3.89. The van der Waals surface area contributed by atoms with Crippen LogP contribution in [0.3, 0.4) is 0 Å². The lowest BCUT2D eigenvalue weighted by atomic mass is 10.1. The minimum Gasteiger partial charge on any atom is -0.324 e. The lowest BCUT2D eigenvalue weighted by Gasteiger charge is -2.09. The second-order valence-electron chi connectivity index (χ2n) is 5.96. The zero-order chi connectivity index (χ0) is 19.8. The normalized spacial score (nSPS) is 11.5. The van der Waals surface area contributed by atoms with Gasteiger partial charge in [-0.1, -0.05) is 23.2 Å². The van der Waals surface area contributed by atoms with Crippen molar-refractivity contribution in [2.24, 2.45) is 0 Å². The Bertz CT molecular complexity index is 1220. The minimum absolute atomic E-state index is 0.0116. The molecule has 0 bridgehead atoms. The van der Waals surface area contributed by atoms with Crippen LogP contribution in [0.15, 0.2) is 52.2 Å². The number of nitrogens with one attached hydrogen (secondary N) is 2. The van der Waals surface area contributed by atoms with Gasteiger partial charge in [-0.2, -0.15) is 0 Å². The number of sulfone groups is 1. The Balaban J connectivity index is 1.86. The van der Waals surface area contributed by atoms with Crippen LogP contribution < -0.4 is 10.9 Å². The summed E-state index contributed by atoms with van der Waals surface area (Å²) in [6, 6.07) is 10.2. The third-order valence-corrected chi connectivity index (χ3v) is 6.07. The van der Waals surface area contributed by atoms with E-state index in [0.29, 0.717) is 21.5 Å². The van der Waals surface area contributed by atoms with Crippen LogP contribution in [0.25, 0.3) is 10.9 Å². The number of H-pyrrole nitrogens is 1. The van der Waals surface area contributed by atoms with Gasteiger partial charge in [0.25, 0.3) is 0 Å². The second-order valence-corrected chi connectivity index (χ2v) is 8.79. The maximum Gasteiger partial charge on any atom is 0.248 e. The van der Waals surface area contributed by atoms with Crippen molar-refractivity contribution in [1.82, 2.24) is 4.98 Å². The molecule has 3 aromatic rings. The largest absolute Gasteiger partial charge is 0.324 e. The Morgan fingerprint density at radius 1 is 1.11 bits per heavy atom. The van der Waals surface area contributed by atoms with Gasteiger partial charge in [0.05, 0.1) is 15.6 Å². The number of rotatable bonds is 4. The Labute approximate surface area is 165 Å². The van der Waals surface area contributed by atoms with E-state index in [0.717, 1.165) is 0 Å². The first-order valence-electron chi connectivity index (χ1n) is 7.77. The first-order chi connectivity index (χ1) is 12.7. The average molecular weight is 425 g/mol. The van der Waals surface area contributed by atoms with Crippen LogP contribution in [0.4, 0.5) is 5.69 Å². The predicted octanol–water partition coefficient (Wildman–Crippen LogP) is 3.56. The molecule has 0 aliphatic rings. The number of anilines is 1. The third kappa shape index (κ3) is 4.32. The Hall–Kier alpha value is -2.35. The molecule has 0 atom stereocenters. The molecule has 2 N–H and O–H groups in total. The molecule has 9 heteroatoms. The van der Waals surface area contributed by atoms with E-state index in [-0.39, 0.29) is 21.2 Å². The lowest BCUT2D eigenvalue weighted by Crippen LogP contribution is -2.23. The summed E-state index contributed by atoms with van der Waals surface area (Å²) < 4.78 is 25.2. The molecule has 0 saturated heterocycles. The highest BCUT2D eigenvalue weighted by Gasteiger charge is 2.21. The lowest BCUT2D eigenvalue weighted by molar-refractivity contribution is -0.113. The van der Waals surface area contributed by atoms with Gasteiger partial charge in [0.1, 0.15) is 5.75 Å². The van der Waals surface area contributed by atoms with E-state index in [1.165, 1.54) is 42.5 Å². The number of halogens is 2. The van der Waals surface area contributed by atoms with Gasteiger partial charge in [0, 0.05) is 22.0 Å². The molecule has 0 spiro atoms. The molecule has 0 fully saturated rings. The van der Waals surface area contributed by atoms with Crippen LogP contribution in [0.1, 0.15) is 5.56 Å². The smallest absolute Gasteiger partial charge is 0.248 e. The van der Waals surface area contributed by atoms with Crippen LogP contribution in [-0.4, -0.2) is 25.1 Å². The highest BCUT2D eigenvalue weighted by Crippen LogP contribution is 2.26. The number of aromatic amines is 1. The van der Waals surface area contributed by atoms with Gasteiger partial charge in [-0.3, -0.25) is 9.59 Å². The third-order valence-electron chi connectivity index (χ3n) is 3.91. The zero-order valence-electron chi connectivity index (χ0n) is 14.0. The zero-order valence-corrected chi connectivity index (χ0v) is 16.4. The number of aryl methyl sites for hydroxylation is 1. The number of fused-ring (bicyclic) bond motifs is 1. The van der Waals surface area contributed by atoms with E-state index in [4.69, 9.17) is 23.2 Å². The summed E-state index contributed by atoms with van der Waals surface area (Å²) in [4.78, 5) is 26.3. The molecule has 3 rings (SSSR count). The summed E-state index contributed by atoms with van der Waals surface area (Å²) >= 11 is 11.8. The molecule has 0 aliphatic heterocycles. The van der Waals surface area contributed by atoms with Crippen molar-refractivity contribution in [1.29, 1.82) is 0 Å². The quantitative estimate of drug-likeness (QED) is 0.668. The first kappa shape index (κ1) is 19.4. The number of hydrogen-bond acceptors (Lipinski definition) is 4. The van der Waals surface area contributed by atoms with Gasteiger partial charge < -0.3 is 10.3 Å². The standard InChI is InChI=1S/C18H14Cl2N2O4S/c1-10-6-17(23)21-15-5-3-12(8-13(10)15)27(25,26)9-18(24)22-16-4-2-11(19)7-14(16)20/h2-8H,9H2,1H3,(H,21,23)(H,22,24). The van der Waals surface area contributed by atoms with Crippen molar-refractivity contribution in [3.05, 3.63) is 68.4 Å². The average Bonchev–Trinajstić information content (AvgIpc) is 2.56. The van der Waals surface area contributed by atoms with Crippen molar-refractivity contribution in [2.45, 2.75) is 11.8 Å². The maximum absolute atomic E-state index is 12.6. The van der Waals surface area contributed by atoms with Gasteiger partial charge in [-0.25, -0.2) is 8.42 Å². The molecule has 27 heavy (non-hydrogen) atoms. The highest BCUT2D eigenvalue weighted by molar-refractivity contribution is 7.92. The highest BCUT2D eigenvalue weighted by atomic mass is 35.5. The summed E-state index contributed by atoms with van der Waals surface area (Å²) in [5.74, 6) is -1.47. The predicted molar refractivity (Wildman–Crippen MR) is 106 cm³/mol. The molecule has 6 nitrogen and oxygen atoms in total. The number of benzene rings is 2. The van der Waals surface area contributed by atoms with Crippen LogP contribution >= 0.6 is 23.2 Å². The van der Waals surface area contributed by atoms with Gasteiger partial charge in [-0.05, 0) is 48.9 Å². The summed E-state index contributed by atoms with van der Waals surface area (Å²) in [5.41, 5.74) is 1.17. The van der Waals surface area contributed by atoms with E-state index in [1.807, 2.05) is 0 Å². The SMILES string of the molecule is Cc1cc(=O)[nH]c2ccc(S(=O)(=O)CC(=O)Nc3ccc(Cl)cc3Cl)cc12. The Kier molecular flexibility index (Phi) is 5.28. The fourth-order valence-electron chi connectivity index (χ4n) is 2.63. The number of pyridine rings is 1. The monoisotopic (exact) mass is 424 g/mol. The maximum atomic E-state index is 12.6. The van der Waals surface area contributed by atoms with Crippen LogP contribution in [0.2, 0.25) is 10.0 Å². The van der Waals surface area contributed by atoms with Crippen LogP contribution in [0, 0.1) is 6.92 Å². The topological polar surface area (TPSA) is 96.1 Å². The van der Waals surface area contributed by atoms with E-state index in [1.54, 1.807) is 6.92 Å². The number of carbonyl (C=O) groups excluding carboxylic acids is 1. The number of amides is 1. The van der Waals surface area contributed by atoms with Crippen LogP contribution in [0.5, 0.6) is 0 Å². The van der Waals surface area contributed by atoms with Crippen molar-refractivity contribution in [2.75, 3.05) is 11.1 Å².